The van der Waals surface area contributed by atoms with E-state index in [1.165, 1.54) is 11.8 Å². The quantitative estimate of drug-likeness (QED) is 0.678. The first-order valence-electron chi connectivity index (χ1n) is 7.53. The van der Waals surface area contributed by atoms with Gasteiger partial charge in [0.1, 0.15) is 5.75 Å². The summed E-state index contributed by atoms with van der Waals surface area (Å²) in [6.07, 6.45) is 3.70. The average Bonchev–Trinajstić information content (AvgIpc) is 2.91. The average molecular weight is 369 g/mol. The summed E-state index contributed by atoms with van der Waals surface area (Å²) < 4.78 is 6.92. The fourth-order valence-electron chi connectivity index (χ4n) is 2.45. The first kappa shape index (κ1) is 15.9. The Kier molecular flexibility index (Phi) is 4.29. The molecule has 0 unspecified atom stereocenters. The van der Waals surface area contributed by atoms with E-state index in [2.05, 4.69) is 15.3 Å². The van der Waals surface area contributed by atoms with Crippen LogP contribution >= 0.6 is 23.4 Å². The number of ether oxygens (including phenoxy) is 1. The van der Waals surface area contributed by atoms with Crippen molar-refractivity contribution < 1.29 is 4.74 Å². The molecule has 0 amide bonds. The predicted molar refractivity (Wildman–Crippen MR) is 101 cm³/mol. The van der Waals surface area contributed by atoms with E-state index >= 15 is 0 Å². The number of rotatable bonds is 3. The maximum atomic E-state index is 6.29. The van der Waals surface area contributed by atoms with Crippen molar-refractivity contribution in [3.05, 3.63) is 65.2 Å². The van der Waals surface area contributed by atoms with Crippen LogP contribution in [0, 0.1) is 0 Å². The number of halogens is 1. The number of thioether (sulfide) groups is 1. The Morgan fingerprint density at radius 1 is 1.04 bits per heavy atom. The molecule has 124 valence electrons. The molecule has 4 rings (SSSR count). The molecular weight excluding hydrogens is 356 g/mol. The summed E-state index contributed by atoms with van der Waals surface area (Å²) in [5.74, 6) is 1.44. The highest BCUT2D eigenvalue weighted by molar-refractivity contribution is 8.08. The smallest absolute Gasteiger partial charge is 0.217 e. The molecule has 3 aromatic rings. The topological polar surface area (TPSA) is 52.3 Å². The van der Waals surface area contributed by atoms with Gasteiger partial charge >= 0.3 is 0 Å². The van der Waals surface area contributed by atoms with Crippen molar-refractivity contribution in [2.45, 2.75) is 5.16 Å². The Morgan fingerprint density at radius 2 is 1.84 bits per heavy atom. The van der Waals surface area contributed by atoms with Crippen molar-refractivity contribution >= 4 is 34.5 Å². The molecule has 0 fully saturated rings. The van der Waals surface area contributed by atoms with Crippen LogP contribution in [0.25, 0.3) is 16.3 Å². The molecule has 0 N–H and O–H groups in total. The van der Waals surface area contributed by atoms with E-state index in [-0.39, 0.29) is 0 Å². The van der Waals surface area contributed by atoms with Crippen LogP contribution in [0.4, 0.5) is 0 Å². The minimum atomic E-state index is 0.616. The van der Waals surface area contributed by atoms with E-state index in [9.17, 15) is 0 Å². The molecule has 0 aliphatic carbocycles. The summed E-state index contributed by atoms with van der Waals surface area (Å²) in [5.41, 5.74) is 1.86. The van der Waals surface area contributed by atoms with Gasteiger partial charge in [0, 0.05) is 16.7 Å². The van der Waals surface area contributed by atoms with E-state index in [4.69, 9.17) is 16.3 Å². The number of methoxy groups -OCH3 is 1. The van der Waals surface area contributed by atoms with Crippen LogP contribution in [0.5, 0.6) is 5.75 Å². The van der Waals surface area contributed by atoms with Gasteiger partial charge in [-0.3, -0.25) is 0 Å². The Labute approximate surface area is 154 Å². The second-order valence-corrected chi connectivity index (χ2v) is 6.64. The molecule has 7 heteroatoms. The fourth-order valence-corrected chi connectivity index (χ4v) is 3.56. The highest BCUT2D eigenvalue weighted by Crippen LogP contribution is 2.37. The lowest BCUT2D eigenvalue weighted by atomic mass is 10.2. The molecular formula is C18H13ClN4OS. The fraction of sp³-hybridized carbons (Fsp3) is 0.0556. The molecule has 1 aliphatic rings. The Balaban J connectivity index is 1.69. The third kappa shape index (κ3) is 3.06. The maximum absolute atomic E-state index is 6.29. The summed E-state index contributed by atoms with van der Waals surface area (Å²) in [7, 11) is 1.65. The second kappa shape index (κ2) is 6.74. The number of hydrogen-bond acceptors (Lipinski definition) is 5. The normalized spacial score (nSPS) is 13.1. The zero-order chi connectivity index (χ0) is 17.2. The van der Waals surface area contributed by atoms with Gasteiger partial charge in [-0.1, -0.05) is 35.9 Å². The van der Waals surface area contributed by atoms with Gasteiger partial charge in [-0.2, -0.15) is 9.78 Å². The van der Waals surface area contributed by atoms with Crippen LogP contribution < -0.4 is 4.74 Å². The van der Waals surface area contributed by atoms with Crippen LogP contribution in [-0.4, -0.2) is 28.2 Å². The van der Waals surface area contributed by atoms with Gasteiger partial charge in [-0.15, -0.1) is 10.2 Å². The summed E-state index contributed by atoms with van der Waals surface area (Å²) in [4.78, 5) is 1.03. The van der Waals surface area contributed by atoms with Crippen molar-refractivity contribution in [1.29, 1.82) is 0 Å². The molecule has 1 aliphatic heterocycles. The van der Waals surface area contributed by atoms with Gasteiger partial charge in [0.15, 0.2) is 5.82 Å². The highest BCUT2D eigenvalue weighted by Gasteiger charge is 2.19. The summed E-state index contributed by atoms with van der Waals surface area (Å²) in [5, 5.41) is 14.3. The van der Waals surface area contributed by atoms with Crippen LogP contribution in [0.2, 0.25) is 5.02 Å². The zero-order valence-corrected chi connectivity index (χ0v) is 14.8. The van der Waals surface area contributed by atoms with Gasteiger partial charge in [0.2, 0.25) is 5.16 Å². The largest absolute Gasteiger partial charge is 0.497 e. The summed E-state index contributed by atoms with van der Waals surface area (Å²) in [6.45, 7) is 0. The minimum absolute atomic E-state index is 0.616. The first-order valence-corrected chi connectivity index (χ1v) is 8.73. The van der Waals surface area contributed by atoms with Gasteiger partial charge in [0.05, 0.1) is 12.1 Å². The predicted octanol–water partition coefficient (Wildman–Crippen LogP) is 4.59. The standard InChI is InChI=1S/C18H13ClN4OS/c1-24-13-8-6-12(7-9-13)16-10-11-20-23-17(21-22-18(23)25-16)14-4-2-3-5-15(14)19/h2-11H,1H3. The van der Waals surface area contributed by atoms with Crippen molar-refractivity contribution in [3.8, 4) is 17.1 Å². The van der Waals surface area contributed by atoms with Crippen molar-refractivity contribution in [1.82, 2.24) is 14.9 Å². The van der Waals surface area contributed by atoms with E-state index in [0.717, 1.165) is 21.8 Å². The first-order chi connectivity index (χ1) is 12.3. The maximum Gasteiger partial charge on any atom is 0.217 e. The Hall–Kier alpha value is -2.57. The van der Waals surface area contributed by atoms with Gasteiger partial charge in [0.25, 0.3) is 0 Å². The van der Waals surface area contributed by atoms with Crippen molar-refractivity contribution in [3.63, 3.8) is 0 Å². The molecule has 0 atom stereocenters. The highest BCUT2D eigenvalue weighted by atomic mass is 35.5. The molecule has 0 radical (unpaired) electrons. The van der Waals surface area contributed by atoms with Gasteiger partial charge < -0.3 is 4.74 Å². The van der Waals surface area contributed by atoms with Crippen LogP contribution in [0.1, 0.15) is 5.56 Å². The molecule has 0 saturated heterocycles. The van der Waals surface area contributed by atoms with E-state index in [1.807, 2.05) is 54.6 Å². The number of aromatic nitrogens is 3. The van der Waals surface area contributed by atoms with E-state index in [0.29, 0.717) is 16.0 Å². The van der Waals surface area contributed by atoms with Crippen LogP contribution in [-0.2, 0) is 0 Å². The lowest BCUT2D eigenvalue weighted by Gasteiger charge is -2.06. The summed E-state index contributed by atoms with van der Waals surface area (Å²) >= 11 is 7.79. The van der Waals surface area contributed by atoms with Crippen molar-refractivity contribution in [2.24, 2.45) is 5.10 Å². The molecule has 0 spiro atoms. The van der Waals surface area contributed by atoms with E-state index in [1.54, 1.807) is 18.0 Å². The lowest BCUT2D eigenvalue weighted by molar-refractivity contribution is 0.415. The number of allylic oxidation sites excluding steroid dienone is 1. The lowest BCUT2D eigenvalue weighted by Crippen LogP contribution is -1.94. The Morgan fingerprint density at radius 3 is 2.60 bits per heavy atom. The third-order valence-electron chi connectivity index (χ3n) is 3.71. The molecule has 25 heavy (non-hydrogen) atoms. The third-order valence-corrected chi connectivity index (χ3v) is 5.07. The van der Waals surface area contributed by atoms with Crippen LogP contribution in [0.3, 0.4) is 0 Å². The number of hydrogen-bond donors (Lipinski definition) is 0. The molecule has 2 aromatic carbocycles. The molecule has 5 nitrogen and oxygen atoms in total. The monoisotopic (exact) mass is 368 g/mol. The second-order valence-electron chi connectivity index (χ2n) is 5.22. The number of nitrogens with zero attached hydrogens (tertiary/aromatic N) is 4. The number of fused-ring (bicyclic) bond motifs is 1. The van der Waals surface area contributed by atoms with Gasteiger partial charge in [-0.25, -0.2) is 0 Å². The van der Waals surface area contributed by atoms with Crippen molar-refractivity contribution in [2.75, 3.05) is 7.11 Å². The molecule has 2 heterocycles. The molecule has 0 saturated carbocycles. The van der Waals surface area contributed by atoms with Crippen LogP contribution in [0.15, 0.2) is 64.9 Å². The summed E-state index contributed by atoms with van der Waals surface area (Å²) in [6, 6.07) is 15.4. The molecule has 1 aromatic heterocycles. The van der Waals surface area contributed by atoms with Gasteiger partial charge in [-0.05, 0) is 47.7 Å². The minimum Gasteiger partial charge on any atom is -0.497 e. The Bertz CT molecular complexity index is 979. The SMILES string of the molecule is COc1ccc(C2=CC=Nn3c(nnc3-c3ccccc3Cl)S2)cc1. The van der Waals surface area contributed by atoms with E-state index < -0.39 is 0 Å². The zero-order valence-electron chi connectivity index (χ0n) is 13.3. The molecule has 0 bridgehead atoms. The number of benzene rings is 2.